The summed E-state index contributed by atoms with van der Waals surface area (Å²) < 4.78 is 0. The number of carbonyl (C=O) groups excluding carboxylic acids is 1. The van der Waals surface area contributed by atoms with Gasteiger partial charge in [-0.2, -0.15) is 0 Å². The number of hydrogen-bond donors (Lipinski definition) is 1. The van der Waals surface area contributed by atoms with E-state index in [1.807, 2.05) is 26.0 Å². The summed E-state index contributed by atoms with van der Waals surface area (Å²) in [5, 5.41) is 9.22. The van der Waals surface area contributed by atoms with E-state index < -0.39 is 11.4 Å². The largest absolute Gasteiger partial charge is 0.481 e. The Labute approximate surface area is 125 Å². The number of carbonyl (C=O) groups is 2. The molecule has 0 saturated carbocycles. The summed E-state index contributed by atoms with van der Waals surface area (Å²) in [5.41, 5.74) is 2.66. The number of rotatable bonds is 3. The summed E-state index contributed by atoms with van der Waals surface area (Å²) in [5.74, 6) is -0.666. The fraction of sp³-hybridized carbons (Fsp3) is 0.529. The first-order valence-electron chi connectivity index (χ1n) is 7.39. The third kappa shape index (κ3) is 3.43. The number of benzene rings is 1. The Kier molecular flexibility index (Phi) is 4.35. The van der Waals surface area contributed by atoms with E-state index in [0.717, 1.165) is 16.7 Å². The van der Waals surface area contributed by atoms with Gasteiger partial charge in [0.05, 0.1) is 11.8 Å². The zero-order valence-corrected chi connectivity index (χ0v) is 13.0. The average molecular weight is 289 g/mol. The lowest BCUT2D eigenvalue weighted by atomic mass is 9.80. The molecule has 21 heavy (non-hydrogen) atoms. The van der Waals surface area contributed by atoms with Gasteiger partial charge in [0, 0.05) is 13.1 Å². The lowest BCUT2D eigenvalue weighted by Crippen LogP contribution is -2.45. The van der Waals surface area contributed by atoms with Crippen LogP contribution in [0.15, 0.2) is 18.2 Å². The van der Waals surface area contributed by atoms with Crippen molar-refractivity contribution in [3.8, 4) is 0 Å². The van der Waals surface area contributed by atoms with Crippen molar-refractivity contribution in [2.24, 2.45) is 5.41 Å². The lowest BCUT2D eigenvalue weighted by Gasteiger charge is -2.36. The molecule has 0 aromatic heterocycles. The minimum atomic E-state index is -0.760. The molecule has 4 nitrogen and oxygen atoms in total. The van der Waals surface area contributed by atoms with Crippen LogP contribution < -0.4 is 0 Å². The first-order valence-corrected chi connectivity index (χ1v) is 7.39. The molecular weight excluding hydrogens is 266 g/mol. The van der Waals surface area contributed by atoms with E-state index in [2.05, 4.69) is 6.07 Å². The van der Waals surface area contributed by atoms with Gasteiger partial charge in [-0.15, -0.1) is 0 Å². The predicted octanol–water partition coefficient (Wildman–Crippen LogP) is 2.56. The van der Waals surface area contributed by atoms with Crippen molar-refractivity contribution in [1.82, 2.24) is 4.90 Å². The molecule has 0 bridgehead atoms. The maximum absolute atomic E-state index is 12.4. The van der Waals surface area contributed by atoms with Crippen LogP contribution in [-0.2, 0) is 16.0 Å². The van der Waals surface area contributed by atoms with Gasteiger partial charge in [-0.05, 0) is 44.7 Å². The highest BCUT2D eigenvalue weighted by atomic mass is 16.4. The van der Waals surface area contributed by atoms with E-state index in [1.165, 1.54) is 0 Å². The molecule has 1 aromatic rings. The minimum absolute atomic E-state index is 0.0936. The molecule has 0 radical (unpaired) electrons. The number of carboxylic acid groups (broad SMARTS) is 1. The maximum Gasteiger partial charge on any atom is 0.309 e. The monoisotopic (exact) mass is 289 g/mol. The molecule has 2 rings (SSSR count). The van der Waals surface area contributed by atoms with Crippen molar-refractivity contribution in [3.63, 3.8) is 0 Å². The molecule has 0 aliphatic carbocycles. The van der Waals surface area contributed by atoms with Crippen molar-refractivity contribution >= 4 is 11.9 Å². The van der Waals surface area contributed by atoms with Gasteiger partial charge < -0.3 is 10.0 Å². The number of amides is 1. The molecule has 0 atom stereocenters. The van der Waals surface area contributed by atoms with Gasteiger partial charge >= 0.3 is 5.97 Å². The normalized spacial score (nSPS) is 17.6. The molecule has 1 aliphatic heterocycles. The molecule has 1 aliphatic rings. The molecule has 114 valence electrons. The van der Waals surface area contributed by atoms with E-state index >= 15 is 0 Å². The molecule has 1 fully saturated rings. The summed E-state index contributed by atoms with van der Waals surface area (Å²) in [6, 6.07) is 6.14. The van der Waals surface area contributed by atoms with E-state index in [0.29, 0.717) is 32.4 Å². The van der Waals surface area contributed by atoms with E-state index in [1.54, 1.807) is 11.8 Å². The van der Waals surface area contributed by atoms with Crippen molar-refractivity contribution < 1.29 is 14.7 Å². The third-order valence-electron chi connectivity index (χ3n) is 4.58. The van der Waals surface area contributed by atoms with Crippen molar-refractivity contribution in [1.29, 1.82) is 0 Å². The van der Waals surface area contributed by atoms with Gasteiger partial charge in [0.2, 0.25) is 5.91 Å². The zero-order valence-electron chi connectivity index (χ0n) is 13.0. The Morgan fingerprint density at radius 3 is 2.43 bits per heavy atom. The van der Waals surface area contributed by atoms with Gasteiger partial charge in [0.15, 0.2) is 0 Å². The predicted molar refractivity (Wildman–Crippen MR) is 81.2 cm³/mol. The first-order chi connectivity index (χ1) is 9.82. The van der Waals surface area contributed by atoms with Gasteiger partial charge in [-0.3, -0.25) is 9.59 Å². The Balaban J connectivity index is 2.00. The van der Waals surface area contributed by atoms with Crippen LogP contribution in [0.2, 0.25) is 0 Å². The highest BCUT2D eigenvalue weighted by molar-refractivity contribution is 5.80. The lowest BCUT2D eigenvalue weighted by molar-refractivity contribution is -0.152. The Bertz CT molecular complexity index is 557. The molecule has 4 heteroatoms. The van der Waals surface area contributed by atoms with Crippen molar-refractivity contribution in [2.45, 2.75) is 40.0 Å². The fourth-order valence-electron chi connectivity index (χ4n) is 2.73. The molecule has 0 spiro atoms. The maximum atomic E-state index is 12.4. The number of aryl methyl sites for hydroxylation is 2. The molecule has 1 aromatic carbocycles. The van der Waals surface area contributed by atoms with Crippen molar-refractivity contribution in [2.75, 3.05) is 13.1 Å². The first kappa shape index (κ1) is 15.5. The molecule has 1 amide bonds. The summed E-state index contributed by atoms with van der Waals surface area (Å²) in [6.07, 6.45) is 1.46. The smallest absolute Gasteiger partial charge is 0.309 e. The summed E-state index contributed by atoms with van der Waals surface area (Å²) in [7, 11) is 0. The standard InChI is InChI=1S/C17H23NO3/c1-12-4-5-13(2)14(10-12)11-15(19)18-8-6-17(3,7-9-18)16(20)21/h4-5,10H,6-9,11H2,1-3H3,(H,20,21). The number of hydrogen-bond acceptors (Lipinski definition) is 2. The summed E-state index contributed by atoms with van der Waals surface area (Å²) >= 11 is 0. The van der Waals surface area contributed by atoms with E-state index in [-0.39, 0.29) is 5.91 Å². The Hall–Kier alpha value is -1.84. The van der Waals surface area contributed by atoms with Crippen LogP contribution in [0.25, 0.3) is 0 Å². The second kappa shape index (κ2) is 5.88. The average Bonchev–Trinajstić information content (AvgIpc) is 2.43. The zero-order chi connectivity index (χ0) is 15.6. The van der Waals surface area contributed by atoms with Crippen LogP contribution in [0.1, 0.15) is 36.5 Å². The molecule has 1 heterocycles. The number of likely N-dealkylation sites (tertiary alicyclic amines) is 1. The van der Waals surface area contributed by atoms with Gasteiger partial charge in [-0.1, -0.05) is 23.8 Å². The quantitative estimate of drug-likeness (QED) is 0.930. The number of aliphatic carboxylic acids is 1. The van der Waals surface area contributed by atoms with Crippen LogP contribution in [0, 0.1) is 19.3 Å². The highest BCUT2D eigenvalue weighted by Gasteiger charge is 2.37. The molecule has 1 saturated heterocycles. The molecular formula is C17H23NO3. The molecule has 0 unspecified atom stereocenters. The highest BCUT2D eigenvalue weighted by Crippen LogP contribution is 2.31. The third-order valence-corrected chi connectivity index (χ3v) is 4.58. The Morgan fingerprint density at radius 1 is 1.24 bits per heavy atom. The molecule has 1 N–H and O–H groups in total. The van der Waals surface area contributed by atoms with Gasteiger partial charge in [0.25, 0.3) is 0 Å². The van der Waals surface area contributed by atoms with E-state index in [4.69, 9.17) is 0 Å². The van der Waals surface area contributed by atoms with Crippen LogP contribution in [0.5, 0.6) is 0 Å². The second-order valence-electron chi connectivity index (χ2n) is 6.35. The van der Waals surface area contributed by atoms with Gasteiger partial charge in [0.1, 0.15) is 0 Å². The summed E-state index contributed by atoms with van der Waals surface area (Å²) in [4.78, 5) is 25.4. The topological polar surface area (TPSA) is 57.6 Å². The van der Waals surface area contributed by atoms with Crippen LogP contribution >= 0.6 is 0 Å². The van der Waals surface area contributed by atoms with Crippen LogP contribution in [-0.4, -0.2) is 35.0 Å². The number of carboxylic acids is 1. The Morgan fingerprint density at radius 2 is 1.86 bits per heavy atom. The van der Waals surface area contributed by atoms with Gasteiger partial charge in [-0.25, -0.2) is 0 Å². The minimum Gasteiger partial charge on any atom is -0.481 e. The van der Waals surface area contributed by atoms with Crippen LogP contribution in [0.3, 0.4) is 0 Å². The van der Waals surface area contributed by atoms with Crippen molar-refractivity contribution in [3.05, 3.63) is 34.9 Å². The SMILES string of the molecule is Cc1ccc(C)c(CC(=O)N2CCC(C)(C(=O)O)CC2)c1. The second-order valence-corrected chi connectivity index (χ2v) is 6.35. The van der Waals surface area contributed by atoms with Crippen LogP contribution in [0.4, 0.5) is 0 Å². The summed E-state index contributed by atoms with van der Waals surface area (Å²) in [6.45, 7) is 6.87. The fourth-order valence-corrected chi connectivity index (χ4v) is 2.73. The number of nitrogens with zero attached hydrogens (tertiary/aromatic N) is 1. The van der Waals surface area contributed by atoms with E-state index in [9.17, 15) is 14.7 Å². The number of piperidine rings is 1.